The molecule has 2 aromatic rings. The summed E-state index contributed by atoms with van der Waals surface area (Å²) in [6.45, 7) is 0. The normalized spacial score (nSPS) is 11.7. The third-order valence-electron chi connectivity index (χ3n) is 2.56. The van der Waals surface area contributed by atoms with Gasteiger partial charge >= 0.3 is 6.09 Å². The number of aromatic nitrogens is 2. The van der Waals surface area contributed by atoms with E-state index in [1.54, 1.807) is 0 Å². The smallest absolute Gasteiger partial charge is 0.405 e. The molecule has 0 radical (unpaired) electrons. The summed E-state index contributed by atoms with van der Waals surface area (Å²) >= 11 is 0. The highest BCUT2D eigenvalue weighted by atomic mass is 19.1. The Morgan fingerprint density at radius 1 is 1.05 bits per heavy atom. The molecule has 8 heteroatoms. The SMILES string of the molecule is O=C(O)NC(C(=O)c1ccc(F)cn1)c1ccc(F)cn1. The van der Waals surface area contributed by atoms with Gasteiger partial charge in [0.2, 0.25) is 5.78 Å². The van der Waals surface area contributed by atoms with Crippen LogP contribution in [0, 0.1) is 11.6 Å². The molecule has 2 N–H and O–H groups in total. The Morgan fingerprint density at radius 3 is 2.14 bits per heavy atom. The molecule has 1 amide bonds. The van der Waals surface area contributed by atoms with Crippen LogP contribution in [0.2, 0.25) is 0 Å². The lowest BCUT2D eigenvalue weighted by atomic mass is 10.1. The fourth-order valence-electron chi connectivity index (χ4n) is 1.62. The molecular weight excluding hydrogens is 284 g/mol. The van der Waals surface area contributed by atoms with Gasteiger partial charge < -0.3 is 10.4 Å². The van der Waals surface area contributed by atoms with Crippen LogP contribution < -0.4 is 5.32 Å². The number of hydrogen-bond donors (Lipinski definition) is 2. The summed E-state index contributed by atoms with van der Waals surface area (Å²) < 4.78 is 25.6. The minimum absolute atomic E-state index is 0.00919. The Morgan fingerprint density at radius 2 is 1.67 bits per heavy atom. The van der Waals surface area contributed by atoms with Crippen LogP contribution in [-0.2, 0) is 0 Å². The molecule has 21 heavy (non-hydrogen) atoms. The van der Waals surface area contributed by atoms with Gasteiger partial charge in [-0.2, -0.15) is 0 Å². The third-order valence-corrected chi connectivity index (χ3v) is 2.56. The molecule has 0 fully saturated rings. The number of rotatable bonds is 4. The predicted octanol–water partition coefficient (Wildman–Crippen LogP) is 1.95. The van der Waals surface area contributed by atoms with Crippen LogP contribution in [0.1, 0.15) is 22.2 Å². The van der Waals surface area contributed by atoms with Gasteiger partial charge in [0.15, 0.2) is 0 Å². The number of nitrogens with one attached hydrogen (secondary N) is 1. The Kier molecular flexibility index (Phi) is 4.17. The van der Waals surface area contributed by atoms with Crippen molar-refractivity contribution in [3.63, 3.8) is 0 Å². The molecule has 0 aliphatic carbocycles. The van der Waals surface area contributed by atoms with E-state index in [1.807, 2.05) is 5.32 Å². The topological polar surface area (TPSA) is 92.2 Å². The summed E-state index contributed by atoms with van der Waals surface area (Å²) in [7, 11) is 0. The van der Waals surface area contributed by atoms with Crippen molar-refractivity contribution in [3.05, 3.63) is 59.7 Å². The van der Waals surface area contributed by atoms with Crippen LogP contribution in [-0.4, -0.2) is 27.0 Å². The van der Waals surface area contributed by atoms with Crippen molar-refractivity contribution in [2.45, 2.75) is 6.04 Å². The van der Waals surface area contributed by atoms with Gasteiger partial charge in [0.25, 0.3) is 0 Å². The average molecular weight is 293 g/mol. The standard InChI is InChI=1S/C13H9F2N3O3/c14-7-1-3-9(16-5-7)11(18-13(20)21)12(19)10-4-2-8(15)6-17-10/h1-6,11,18H,(H,20,21). The predicted molar refractivity (Wildman–Crippen MR) is 66.6 cm³/mol. The monoisotopic (exact) mass is 293 g/mol. The molecular formula is C13H9F2N3O3. The Labute approximate surface area is 117 Å². The van der Waals surface area contributed by atoms with Gasteiger partial charge in [0.1, 0.15) is 23.4 Å². The van der Waals surface area contributed by atoms with E-state index in [4.69, 9.17) is 5.11 Å². The number of Topliss-reactive ketones (excluding diaryl/α,β-unsaturated/α-hetero) is 1. The van der Waals surface area contributed by atoms with Crippen molar-refractivity contribution in [3.8, 4) is 0 Å². The number of hydrogen-bond acceptors (Lipinski definition) is 4. The van der Waals surface area contributed by atoms with Crippen LogP contribution in [0.25, 0.3) is 0 Å². The second kappa shape index (κ2) is 6.04. The number of nitrogens with zero attached hydrogens (tertiary/aromatic N) is 2. The van der Waals surface area contributed by atoms with Crippen LogP contribution in [0.3, 0.4) is 0 Å². The third kappa shape index (κ3) is 3.56. The van der Waals surface area contributed by atoms with Gasteiger partial charge in [-0.25, -0.2) is 18.6 Å². The first kappa shape index (κ1) is 14.5. The van der Waals surface area contributed by atoms with Crippen LogP contribution in [0.4, 0.5) is 13.6 Å². The number of carbonyl (C=O) groups excluding carboxylic acids is 1. The lowest BCUT2D eigenvalue weighted by Gasteiger charge is -2.14. The number of carbonyl (C=O) groups is 2. The quantitative estimate of drug-likeness (QED) is 0.840. The van der Waals surface area contributed by atoms with Crippen molar-refractivity contribution in [2.75, 3.05) is 0 Å². The Hall–Kier alpha value is -2.90. The van der Waals surface area contributed by atoms with E-state index in [2.05, 4.69) is 9.97 Å². The van der Waals surface area contributed by atoms with Gasteiger partial charge in [0.05, 0.1) is 18.1 Å². The molecule has 2 rings (SSSR count). The highest BCUT2D eigenvalue weighted by molar-refractivity contribution is 6.00. The summed E-state index contributed by atoms with van der Waals surface area (Å²) in [4.78, 5) is 30.3. The fraction of sp³-hybridized carbons (Fsp3) is 0.0769. The number of halogens is 2. The van der Waals surface area contributed by atoms with E-state index in [0.29, 0.717) is 0 Å². The highest BCUT2D eigenvalue weighted by Gasteiger charge is 2.26. The second-order valence-corrected chi connectivity index (χ2v) is 4.01. The number of amides is 1. The molecule has 0 aliphatic heterocycles. The first-order valence-electron chi connectivity index (χ1n) is 5.74. The van der Waals surface area contributed by atoms with E-state index in [1.165, 1.54) is 6.07 Å². The molecule has 1 atom stereocenters. The van der Waals surface area contributed by atoms with Crippen molar-refractivity contribution in [1.82, 2.24) is 15.3 Å². The molecule has 0 spiro atoms. The molecule has 0 bridgehead atoms. The largest absolute Gasteiger partial charge is 0.465 e. The van der Waals surface area contributed by atoms with Gasteiger partial charge in [-0.15, -0.1) is 0 Å². The van der Waals surface area contributed by atoms with Gasteiger partial charge in [-0.05, 0) is 24.3 Å². The van der Waals surface area contributed by atoms with Crippen molar-refractivity contribution in [2.24, 2.45) is 0 Å². The van der Waals surface area contributed by atoms with Crippen LogP contribution >= 0.6 is 0 Å². The van der Waals surface area contributed by atoms with Gasteiger partial charge in [0, 0.05) is 0 Å². The van der Waals surface area contributed by atoms with Crippen LogP contribution in [0.15, 0.2) is 36.7 Å². The van der Waals surface area contributed by atoms with Crippen molar-refractivity contribution in [1.29, 1.82) is 0 Å². The summed E-state index contributed by atoms with van der Waals surface area (Å²) in [6.07, 6.45) is 0.238. The maximum Gasteiger partial charge on any atom is 0.405 e. The Bertz CT molecular complexity index is 659. The van der Waals surface area contributed by atoms with Gasteiger partial charge in [-0.1, -0.05) is 0 Å². The molecule has 0 aliphatic rings. The summed E-state index contributed by atoms with van der Waals surface area (Å²) in [5, 5.41) is 10.8. The molecule has 2 aromatic heterocycles. The second-order valence-electron chi connectivity index (χ2n) is 4.01. The maximum atomic E-state index is 12.8. The summed E-state index contributed by atoms with van der Waals surface area (Å²) in [5.41, 5.74) is -0.129. The summed E-state index contributed by atoms with van der Waals surface area (Å²) in [5.74, 6) is -1.98. The lowest BCUT2D eigenvalue weighted by Crippen LogP contribution is -2.33. The zero-order chi connectivity index (χ0) is 15.4. The molecule has 0 saturated carbocycles. The fourth-order valence-corrected chi connectivity index (χ4v) is 1.62. The van der Waals surface area contributed by atoms with E-state index >= 15 is 0 Å². The minimum Gasteiger partial charge on any atom is -0.465 e. The highest BCUT2D eigenvalue weighted by Crippen LogP contribution is 2.16. The molecule has 108 valence electrons. The zero-order valence-electron chi connectivity index (χ0n) is 10.5. The van der Waals surface area contributed by atoms with Crippen LogP contribution in [0.5, 0.6) is 0 Å². The molecule has 2 heterocycles. The first-order valence-corrected chi connectivity index (χ1v) is 5.74. The van der Waals surface area contributed by atoms with E-state index in [0.717, 1.165) is 30.6 Å². The van der Waals surface area contributed by atoms with E-state index < -0.39 is 29.6 Å². The molecule has 0 saturated heterocycles. The van der Waals surface area contributed by atoms with E-state index in [9.17, 15) is 18.4 Å². The van der Waals surface area contributed by atoms with E-state index in [-0.39, 0.29) is 11.4 Å². The average Bonchev–Trinajstić information content (AvgIpc) is 2.46. The molecule has 1 unspecified atom stereocenters. The first-order chi connectivity index (χ1) is 9.97. The Balaban J connectivity index is 2.35. The van der Waals surface area contributed by atoms with Crippen molar-refractivity contribution < 1.29 is 23.5 Å². The molecule has 6 nitrogen and oxygen atoms in total. The van der Waals surface area contributed by atoms with Gasteiger partial charge in [-0.3, -0.25) is 9.78 Å². The number of ketones is 1. The summed E-state index contributed by atoms with van der Waals surface area (Å²) in [6, 6.07) is 3.01. The number of carboxylic acid groups (broad SMARTS) is 1. The van der Waals surface area contributed by atoms with Crippen molar-refractivity contribution >= 4 is 11.9 Å². The maximum absolute atomic E-state index is 12.8. The zero-order valence-corrected chi connectivity index (χ0v) is 10.5. The number of pyridine rings is 2. The lowest BCUT2D eigenvalue weighted by molar-refractivity contribution is 0.0929. The minimum atomic E-state index is -1.46. The molecule has 0 aromatic carbocycles.